The van der Waals surface area contributed by atoms with Crippen molar-refractivity contribution in [2.24, 2.45) is 5.84 Å². The summed E-state index contributed by atoms with van der Waals surface area (Å²) in [5, 5.41) is 0. The highest BCUT2D eigenvalue weighted by atomic mass is 79.9. The monoisotopic (exact) mass is 338 g/mol. The molecule has 0 saturated heterocycles. The Labute approximate surface area is 125 Å². The van der Waals surface area contributed by atoms with E-state index in [4.69, 9.17) is 15.0 Å². The van der Waals surface area contributed by atoms with E-state index < -0.39 is 5.91 Å². The lowest BCUT2D eigenvalue weighted by Gasteiger charge is -2.08. The van der Waals surface area contributed by atoms with Gasteiger partial charge < -0.3 is 9.15 Å². The third-order valence-electron chi connectivity index (χ3n) is 2.84. The van der Waals surface area contributed by atoms with E-state index in [2.05, 4.69) is 15.9 Å². The van der Waals surface area contributed by atoms with Gasteiger partial charge in [-0.2, -0.15) is 0 Å². The maximum atomic E-state index is 11.3. The number of aryl methyl sites for hydroxylation is 2. The molecule has 20 heavy (non-hydrogen) atoms. The van der Waals surface area contributed by atoms with Crippen molar-refractivity contribution in [3.63, 3.8) is 0 Å². The molecule has 0 aliphatic carbocycles. The first-order valence-electron chi connectivity index (χ1n) is 5.99. The first kappa shape index (κ1) is 14.6. The minimum atomic E-state index is -0.393. The Morgan fingerprint density at radius 2 is 2.00 bits per heavy atom. The average molecular weight is 339 g/mol. The van der Waals surface area contributed by atoms with E-state index in [1.807, 2.05) is 31.4 Å². The van der Waals surface area contributed by atoms with Gasteiger partial charge >= 0.3 is 0 Å². The van der Waals surface area contributed by atoms with Gasteiger partial charge in [0.15, 0.2) is 0 Å². The molecule has 2 aromatic rings. The SMILES string of the molecule is Cc1cc(OCc2cc(C(=O)NN)co2)cc(C)c1Br. The van der Waals surface area contributed by atoms with Crippen molar-refractivity contribution < 1.29 is 13.9 Å². The first-order chi connectivity index (χ1) is 9.51. The lowest BCUT2D eigenvalue weighted by Crippen LogP contribution is -2.29. The molecule has 1 aromatic carbocycles. The summed E-state index contributed by atoms with van der Waals surface area (Å²) in [6.45, 7) is 4.25. The predicted molar refractivity (Wildman–Crippen MR) is 78.3 cm³/mol. The standard InChI is InChI=1S/C14H15BrN2O3/c1-8-3-11(4-9(2)13(8)15)20-7-12-5-10(6-19-12)14(18)17-16/h3-6H,7,16H2,1-2H3,(H,17,18). The van der Waals surface area contributed by atoms with Gasteiger partial charge in [-0.25, -0.2) is 5.84 Å². The molecule has 2 rings (SSSR count). The number of hydrogen-bond acceptors (Lipinski definition) is 4. The number of nitrogen functional groups attached to an aromatic ring is 1. The van der Waals surface area contributed by atoms with E-state index in [0.29, 0.717) is 11.3 Å². The average Bonchev–Trinajstić information content (AvgIpc) is 2.90. The maximum Gasteiger partial charge on any atom is 0.268 e. The fraction of sp³-hybridized carbons (Fsp3) is 0.214. The van der Waals surface area contributed by atoms with Gasteiger partial charge in [-0.05, 0) is 43.2 Å². The molecule has 1 aromatic heterocycles. The Morgan fingerprint density at radius 3 is 2.60 bits per heavy atom. The number of nitrogens with one attached hydrogen (secondary N) is 1. The van der Waals surface area contributed by atoms with Crippen LogP contribution in [0.25, 0.3) is 0 Å². The van der Waals surface area contributed by atoms with Gasteiger partial charge in [-0.3, -0.25) is 10.2 Å². The maximum absolute atomic E-state index is 11.3. The highest BCUT2D eigenvalue weighted by Gasteiger charge is 2.09. The topological polar surface area (TPSA) is 77.5 Å². The van der Waals surface area contributed by atoms with E-state index >= 15 is 0 Å². The second-order valence-electron chi connectivity index (χ2n) is 4.43. The normalized spacial score (nSPS) is 10.4. The molecule has 0 spiro atoms. The van der Waals surface area contributed by atoms with Crippen LogP contribution in [-0.2, 0) is 6.61 Å². The van der Waals surface area contributed by atoms with E-state index in [0.717, 1.165) is 21.3 Å². The quantitative estimate of drug-likeness (QED) is 0.510. The fourth-order valence-corrected chi connectivity index (χ4v) is 2.03. The van der Waals surface area contributed by atoms with Crippen LogP contribution in [-0.4, -0.2) is 5.91 Å². The summed E-state index contributed by atoms with van der Waals surface area (Å²) < 4.78 is 12.0. The van der Waals surface area contributed by atoms with Crippen LogP contribution >= 0.6 is 15.9 Å². The molecule has 5 nitrogen and oxygen atoms in total. The van der Waals surface area contributed by atoms with Crippen LogP contribution in [0.2, 0.25) is 0 Å². The first-order valence-corrected chi connectivity index (χ1v) is 6.78. The van der Waals surface area contributed by atoms with Gasteiger partial charge in [0.25, 0.3) is 5.91 Å². The molecule has 0 atom stereocenters. The van der Waals surface area contributed by atoms with Gasteiger partial charge in [0.1, 0.15) is 24.4 Å². The Bertz CT molecular complexity index is 614. The summed E-state index contributed by atoms with van der Waals surface area (Å²) in [5.41, 5.74) is 4.61. The molecule has 0 fully saturated rings. The number of nitrogens with two attached hydrogens (primary N) is 1. The largest absolute Gasteiger partial charge is 0.486 e. The highest BCUT2D eigenvalue weighted by Crippen LogP contribution is 2.26. The minimum absolute atomic E-state index is 0.248. The molecule has 106 valence electrons. The molecular formula is C14H15BrN2O3. The van der Waals surface area contributed by atoms with Crippen molar-refractivity contribution in [3.05, 3.63) is 51.4 Å². The molecule has 0 unspecified atom stereocenters. The van der Waals surface area contributed by atoms with Gasteiger partial charge in [-0.1, -0.05) is 15.9 Å². The molecule has 0 saturated carbocycles. The summed E-state index contributed by atoms with van der Waals surface area (Å²) in [7, 11) is 0. The number of rotatable bonds is 4. The molecule has 0 bridgehead atoms. The van der Waals surface area contributed by atoms with Crippen molar-refractivity contribution in [2.75, 3.05) is 0 Å². The molecule has 6 heteroatoms. The molecule has 3 N–H and O–H groups in total. The summed E-state index contributed by atoms with van der Waals surface area (Å²) in [6.07, 6.45) is 1.35. The van der Waals surface area contributed by atoms with Gasteiger partial charge in [-0.15, -0.1) is 0 Å². The van der Waals surface area contributed by atoms with Gasteiger partial charge in [0.2, 0.25) is 0 Å². The molecular weight excluding hydrogens is 324 g/mol. The zero-order valence-corrected chi connectivity index (χ0v) is 12.8. The van der Waals surface area contributed by atoms with Crippen LogP contribution in [0.3, 0.4) is 0 Å². The van der Waals surface area contributed by atoms with E-state index in [1.165, 1.54) is 6.26 Å². The number of benzene rings is 1. The second-order valence-corrected chi connectivity index (χ2v) is 5.23. The Morgan fingerprint density at radius 1 is 1.35 bits per heavy atom. The zero-order valence-electron chi connectivity index (χ0n) is 11.2. The molecule has 1 amide bonds. The van der Waals surface area contributed by atoms with Crippen molar-refractivity contribution in [1.29, 1.82) is 0 Å². The van der Waals surface area contributed by atoms with E-state index in [1.54, 1.807) is 6.07 Å². The number of hydrazine groups is 1. The van der Waals surface area contributed by atoms with Crippen molar-refractivity contribution in [3.8, 4) is 5.75 Å². The Balaban J connectivity index is 2.05. The van der Waals surface area contributed by atoms with Crippen LogP contribution in [0.15, 0.2) is 33.4 Å². The summed E-state index contributed by atoms with van der Waals surface area (Å²) >= 11 is 3.51. The lowest BCUT2D eigenvalue weighted by atomic mass is 10.1. The number of carbonyl (C=O) groups is 1. The summed E-state index contributed by atoms with van der Waals surface area (Å²) in [5.74, 6) is 5.97. The van der Waals surface area contributed by atoms with Crippen LogP contribution in [0.1, 0.15) is 27.2 Å². The third kappa shape index (κ3) is 3.20. The number of carbonyl (C=O) groups excluding carboxylic acids is 1. The number of furan rings is 1. The van der Waals surface area contributed by atoms with Crippen LogP contribution in [0.4, 0.5) is 0 Å². The van der Waals surface area contributed by atoms with E-state index in [-0.39, 0.29) is 6.61 Å². The zero-order chi connectivity index (χ0) is 14.7. The summed E-state index contributed by atoms with van der Waals surface area (Å²) in [6, 6.07) is 5.47. The van der Waals surface area contributed by atoms with Crippen molar-refractivity contribution in [2.45, 2.75) is 20.5 Å². The molecule has 1 heterocycles. The molecule has 0 radical (unpaired) electrons. The number of hydrogen-bond donors (Lipinski definition) is 2. The lowest BCUT2D eigenvalue weighted by molar-refractivity contribution is 0.0953. The Hall–Kier alpha value is -1.79. The molecule has 0 aliphatic rings. The van der Waals surface area contributed by atoms with Crippen LogP contribution in [0, 0.1) is 13.8 Å². The van der Waals surface area contributed by atoms with Crippen LogP contribution < -0.4 is 16.0 Å². The molecule has 0 aliphatic heterocycles. The van der Waals surface area contributed by atoms with Crippen LogP contribution in [0.5, 0.6) is 5.75 Å². The van der Waals surface area contributed by atoms with Gasteiger partial charge in [0, 0.05) is 4.47 Å². The summed E-state index contributed by atoms with van der Waals surface area (Å²) in [4.78, 5) is 11.3. The Kier molecular flexibility index (Phi) is 4.46. The fourth-order valence-electron chi connectivity index (χ4n) is 1.80. The highest BCUT2D eigenvalue weighted by molar-refractivity contribution is 9.10. The second kappa shape index (κ2) is 6.11. The number of amides is 1. The smallest absolute Gasteiger partial charge is 0.268 e. The number of ether oxygens (including phenoxy) is 1. The number of halogens is 1. The van der Waals surface area contributed by atoms with E-state index in [9.17, 15) is 4.79 Å². The third-order valence-corrected chi connectivity index (χ3v) is 4.09. The van der Waals surface area contributed by atoms with Crippen molar-refractivity contribution in [1.82, 2.24) is 5.43 Å². The van der Waals surface area contributed by atoms with Crippen molar-refractivity contribution >= 4 is 21.8 Å². The predicted octanol–water partition coefficient (Wildman–Crippen LogP) is 2.84. The minimum Gasteiger partial charge on any atom is -0.486 e. The van der Waals surface area contributed by atoms with Gasteiger partial charge in [0.05, 0.1) is 5.56 Å².